The molecule has 1 fully saturated rings. The van der Waals surface area contributed by atoms with Crippen molar-refractivity contribution in [2.45, 2.75) is 32.6 Å². The fraction of sp³-hybridized carbons (Fsp3) is 0.333. The molecule has 0 N–H and O–H groups in total. The maximum Gasteiger partial charge on any atom is 0.226 e. The van der Waals surface area contributed by atoms with Gasteiger partial charge in [-0.1, -0.05) is 30.4 Å². The number of thiophene rings is 1. The van der Waals surface area contributed by atoms with E-state index in [0.717, 1.165) is 41.1 Å². The van der Waals surface area contributed by atoms with Gasteiger partial charge in [0.1, 0.15) is 5.52 Å². The summed E-state index contributed by atoms with van der Waals surface area (Å²) in [6.45, 7) is 4.26. The number of anilines is 1. The van der Waals surface area contributed by atoms with Crippen molar-refractivity contribution < 1.29 is 0 Å². The molecule has 0 unspecified atom stereocenters. The van der Waals surface area contributed by atoms with Crippen molar-refractivity contribution in [3.63, 3.8) is 0 Å². The number of hydrogen-bond acceptors (Lipinski definition) is 4. The molecule has 0 radical (unpaired) electrons. The first-order valence-electron chi connectivity index (χ1n) is 9.23. The average molecular weight is 426 g/mol. The topological polar surface area (TPSA) is 29.0 Å². The molecule has 1 saturated heterocycles. The minimum Gasteiger partial charge on any atom is -0.341 e. The third-order valence-electron chi connectivity index (χ3n) is 5.34. The van der Waals surface area contributed by atoms with Crippen LogP contribution in [-0.4, -0.2) is 23.1 Å². The highest BCUT2D eigenvalue weighted by Gasteiger charge is 2.22. The van der Waals surface area contributed by atoms with Gasteiger partial charge in [-0.3, -0.25) is 0 Å². The van der Waals surface area contributed by atoms with Crippen molar-refractivity contribution in [1.82, 2.24) is 9.97 Å². The summed E-state index contributed by atoms with van der Waals surface area (Å²) < 4.78 is 2.30. The number of hydrogen-bond donors (Lipinski definition) is 0. The lowest BCUT2D eigenvalue weighted by Gasteiger charge is -2.27. The van der Waals surface area contributed by atoms with E-state index >= 15 is 0 Å². The summed E-state index contributed by atoms with van der Waals surface area (Å²) in [5.41, 5.74) is 6.08. The van der Waals surface area contributed by atoms with Gasteiger partial charge in [-0.2, -0.15) is 0 Å². The molecule has 3 aromatic rings. The zero-order valence-electron chi connectivity index (χ0n) is 14.8. The third-order valence-corrected chi connectivity index (χ3v) is 7.67. The Morgan fingerprint density at radius 2 is 1.96 bits per heavy atom. The number of piperidine rings is 1. The molecule has 3 nitrogen and oxygen atoms in total. The van der Waals surface area contributed by atoms with Crippen molar-refractivity contribution >= 4 is 49.5 Å². The van der Waals surface area contributed by atoms with Gasteiger partial charge in [0.05, 0.1) is 14.9 Å². The van der Waals surface area contributed by atoms with Crippen LogP contribution in [0.3, 0.4) is 0 Å². The highest BCUT2D eigenvalue weighted by Crippen LogP contribution is 2.42. The van der Waals surface area contributed by atoms with Crippen LogP contribution in [0.15, 0.2) is 28.7 Å². The monoisotopic (exact) mass is 425 g/mol. The van der Waals surface area contributed by atoms with Crippen LogP contribution in [0.25, 0.3) is 27.6 Å². The molecular formula is C21H20BrN3S. The van der Waals surface area contributed by atoms with Crippen LogP contribution in [0.2, 0.25) is 0 Å². The van der Waals surface area contributed by atoms with Crippen LogP contribution in [-0.2, 0) is 6.42 Å². The molecule has 26 heavy (non-hydrogen) atoms. The van der Waals surface area contributed by atoms with Crippen LogP contribution in [0.4, 0.5) is 5.95 Å². The lowest BCUT2D eigenvalue weighted by molar-refractivity contribution is 0.569. The van der Waals surface area contributed by atoms with Gasteiger partial charge in [-0.25, -0.2) is 9.97 Å². The van der Waals surface area contributed by atoms with Crippen molar-refractivity contribution in [2.24, 2.45) is 0 Å². The van der Waals surface area contributed by atoms with E-state index in [4.69, 9.17) is 9.97 Å². The van der Waals surface area contributed by atoms with E-state index in [1.807, 2.05) is 0 Å². The molecule has 0 bridgehead atoms. The van der Waals surface area contributed by atoms with E-state index in [2.05, 4.69) is 58.1 Å². The smallest absolute Gasteiger partial charge is 0.226 e. The van der Waals surface area contributed by atoms with Crippen LogP contribution in [0, 0.1) is 6.92 Å². The Morgan fingerprint density at radius 3 is 2.81 bits per heavy atom. The van der Waals surface area contributed by atoms with Crippen molar-refractivity contribution in [3.05, 3.63) is 44.8 Å². The minimum atomic E-state index is 0.880. The summed E-state index contributed by atoms with van der Waals surface area (Å²) in [6.07, 6.45) is 9.27. The van der Waals surface area contributed by atoms with Gasteiger partial charge >= 0.3 is 0 Å². The molecule has 0 spiro atoms. The van der Waals surface area contributed by atoms with Gasteiger partial charge in [-0.05, 0) is 59.7 Å². The van der Waals surface area contributed by atoms with Crippen LogP contribution < -0.4 is 4.90 Å². The molecule has 132 valence electrons. The average Bonchev–Trinajstić information content (AvgIpc) is 3.27. The standard InChI is InChI=1S/C21H20BrN3S/c1-13-17(22)19-20(26-13)18(16-10-6-8-14-7-5-9-15(14)16)23-21(24-19)25-11-3-2-4-12-25/h5-6,8-10H,2-4,7,11-12H2,1H3. The van der Waals surface area contributed by atoms with Gasteiger partial charge in [0.2, 0.25) is 5.95 Å². The van der Waals surface area contributed by atoms with Gasteiger partial charge in [0.15, 0.2) is 0 Å². The van der Waals surface area contributed by atoms with Gasteiger partial charge in [-0.15, -0.1) is 11.3 Å². The van der Waals surface area contributed by atoms with Crippen molar-refractivity contribution in [1.29, 1.82) is 0 Å². The molecule has 0 saturated carbocycles. The normalized spacial score (nSPS) is 16.5. The summed E-state index contributed by atoms with van der Waals surface area (Å²) in [5.74, 6) is 0.880. The maximum atomic E-state index is 5.10. The lowest BCUT2D eigenvalue weighted by Crippen LogP contribution is -2.31. The molecule has 1 aliphatic carbocycles. The first kappa shape index (κ1) is 16.5. The number of aryl methyl sites for hydroxylation is 1. The molecule has 2 aromatic heterocycles. The fourth-order valence-electron chi connectivity index (χ4n) is 3.96. The van der Waals surface area contributed by atoms with Gasteiger partial charge in [0, 0.05) is 23.5 Å². The lowest BCUT2D eigenvalue weighted by atomic mass is 10.0. The SMILES string of the molecule is Cc1sc2c(-c3cccc4c3C=CC4)nc(N3CCCCC3)nc2c1Br. The summed E-state index contributed by atoms with van der Waals surface area (Å²) >= 11 is 5.55. The van der Waals surface area contributed by atoms with E-state index < -0.39 is 0 Å². The molecule has 1 aliphatic heterocycles. The zero-order valence-corrected chi connectivity index (χ0v) is 17.2. The largest absolute Gasteiger partial charge is 0.341 e. The Bertz CT molecular complexity index is 1030. The van der Waals surface area contributed by atoms with Crippen LogP contribution in [0.5, 0.6) is 0 Å². The first-order valence-corrected chi connectivity index (χ1v) is 10.8. The van der Waals surface area contributed by atoms with Crippen molar-refractivity contribution in [3.8, 4) is 11.3 Å². The number of benzene rings is 1. The van der Waals surface area contributed by atoms with E-state index in [1.54, 1.807) is 11.3 Å². The van der Waals surface area contributed by atoms with E-state index in [-0.39, 0.29) is 0 Å². The van der Waals surface area contributed by atoms with Crippen molar-refractivity contribution in [2.75, 3.05) is 18.0 Å². The summed E-state index contributed by atoms with van der Waals surface area (Å²) in [7, 11) is 0. The molecule has 2 aliphatic rings. The first-order chi connectivity index (χ1) is 12.7. The summed E-state index contributed by atoms with van der Waals surface area (Å²) in [4.78, 5) is 13.7. The Morgan fingerprint density at radius 1 is 1.12 bits per heavy atom. The predicted molar refractivity (Wildman–Crippen MR) is 114 cm³/mol. The Labute approximate surface area is 165 Å². The summed E-state index contributed by atoms with van der Waals surface area (Å²) in [5, 5.41) is 0. The van der Waals surface area contributed by atoms with E-state index in [9.17, 15) is 0 Å². The third kappa shape index (κ3) is 2.60. The summed E-state index contributed by atoms with van der Waals surface area (Å²) in [6, 6.07) is 6.59. The highest BCUT2D eigenvalue weighted by atomic mass is 79.9. The second-order valence-electron chi connectivity index (χ2n) is 7.05. The number of aromatic nitrogens is 2. The quantitative estimate of drug-likeness (QED) is 0.504. The number of rotatable bonds is 2. The fourth-order valence-corrected chi connectivity index (χ4v) is 5.61. The molecule has 0 amide bonds. The Hall–Kier alpha value is -1.72. The highest BCUT2D eigenvalue weighted by molar-refractivity contribution is 9.10. The van der Waals surface area contributed by atoms with Crippen LogP contribution >= 0.6 is 27.3 Å². The Kier molecular flexibility index (Phi) is 4.09. The van der Waals surface area contributed by atoms with Gasteiger partial charge in [0.25, 0.3) is 0 Å². The second kappa shape index (κ2) is 6.46. The van der Waals surface area contributed by atoms with E-state index in [1.165, 1.54) is 45.5 Å². The number of allylic oxidation sites excluding steroid dienone is 1. The predicted octanol–water partition coefficient (Wildman–Crippen LogP) is 5.99. The zero-order chi connectivity index (χ0) is 17.7. The molecule has 5 heteroatoms. The molecule has 5 rings (SSSR count). The number of nitrogens with zero attached hydrogens (tertiary/aromatic N) is 3. The minimum absolute atomic E-state index is 0.880. The molecule has 0 atom stereocenters. The van der Waals surface area contributed by atoms with E-state index in [0.29, 0.717) is 0 Å². The maximum absolute atomic E-state index is 5.10. The molecule has 1 aromatic carbocycles. The Balaban J connectivity index is 1.77. The van der Waals surface area contributed by atoms with Gasteiger partial charge < -0.3 is 4.90 Å². The number of fused-ring (bicyclic) bond motifs is 2. The molecular weight excluding hydrogens is 406 g/mol. The second-order valence-corrected chi connectivity index (χ2v) is 9.07. The van der Waals surface area contributed by atoms with Crippen LogP contribution in [0.1, 0.15) is 35.3 Å². The molecule has 3 heterocycles. The number of halogens is 1.